The van der Waals surface area contributed by atoms with Crippen molar-refractivity contribution in [2.24, 2.45) is 4.99 Å². The fourth-order valence-corrected chi connectivity index (χ4v) is 3.93. The zero-order chi connectivity index (χ0) is 18.1. The first-order valence-electron chi connectivity index (χ1n) is 8.16. The molecule has 0 fully saturated rings. The Balaban J connectivity index is 2.16. The number of benzene rings is 1. The summed E-state index contributed by atoms with van der Waals surface area (Å²) in [5, 5.41) is 0. The molecule has 3 rings (SSSR count). The fourth-order valence-electron chi connectivity index (χ4n) is 2.80. The average Bonchev–Trinajstić information content (AvgIpc) is 3.05. The van der Waals surface area contributed by atoms with Crippen LogP contribution in [0, 0.1) is 27.7 Å². The number of hydrogen-bond donors (Lipinski definition) is 0. The Morgan fingerprint density at radius 2 is 1.92 bits per heavy atom. The van der Waals surface area contributed by atoms with E-state index in [1.807, 2.05) is 6.92 Å². The Morgan fingerprint density at radius 3 is 2.56 bits per heavy atom. The van der Waals surface area contributed by atoms with E-state index in [1.54, 1.807) is 20.1 Å². The van der Waals surface area contributed by atoms with Gasteiger partial charge in [-0.15, -0.1) is 0 Å². The summed E-state index contributed by atoms with van der Waals surface area (Å²) in [7, 11) is 1.67. The molecular weight excluding hydrogens is 336 g/mol. The third-order valence-electron chi connectivity index (χ3n) is 4.29. The van der Waals surface area contributed by atoms with Gasteiger partial charge in [0.05, 0.1) is 22.4 Å². The van der Waals surface area contributed by atoms with Gasteiger partial charge in [0.15, 0.2) is 4.80 Å². The van der Waals surface area contributed by atoms with Crippen molar-refractivity contribution in [2.45, 2.75) is 34.2 Å². The number of hydrogen-bond acceptors (Lipinski definition) is 4. The molecule has 0 spiro atoms. The highest BCUT2D eigenvalue weighted by molar-refractivity contribution is 7.16. The van der Waals surface area contributed by atoms with Gasteiger partial charge >= 0.3 is 0 Å². The summed E-state index contributed by atoms with van der Waals surface area (Å²) in [6, 6.07) is 6.03. The molecule has 0 unspecified atom stereocenters. The average molecular weight is 358 g/mol. The van der Waals surface area contributed by atoms with Gasteiger partial charge in [-0.1, -0.05) is 11.3 Å². The molecule has 0 aliphatic heterocycles. The van der Waals surface area contributed by atoms with E-state index in [9.17, 15) is 4.79 Å². The summed E-state index contributed by atoms with van der Waals surface area (Å²) in [6.07, 6.45) is 0. The van der Waals surface area contributed by atoms with Gasteiger partial charge in [-0.2, -0.15) is 4.99 Å². The third-order valence-corrected chi connectivity index (χ3v) is 5.33. The number of carbonyl (C=O) groups is 1. The molecule has 0 aliphatic rings. The van der Waals surface area contributed by atoms with Crippen molar-refractivity contribution in [2.75, 3.05) is 13.7 Å². The van der Waals surface area contributed by atoms with E-state index in [4.69, 9.17) is 9.15 Å². The lowest BCUT2D eigenvalue weighted by atomic mass is 10.1. The maximum Gasteiger partial charge on any atom is 0.283 e. The summed E-state index contributed by atoms with van der Waals surface area (Å²) in [4.78, 5) is 17.7. The molecule has 25 heavy (non-hydrogen) atoms. The minimum Gasteiger partial charge on any atom is -0.466 e. The molecule has 3 aromatic rings. The second-order valence-corrected chi connectivity index (χ2v) is 7.19. The van der Waals surface area contributed by atoms with Crippen LogP contribution in [0.4, 0.5) is 0 Å². The highest BCUT2D eigenvalue weighted by atomic mass is 32.1. The highest BCUT2D eigenvalue weighted by Gasteiger charge is 2.14. The zero-order valence-corrected chi connectivity index (χ0v) is 16.0. The van der Waals surface area contributed by atoms with E-state index < -0.39 is 0 Å². The lowest BCUT2D eigenvalue weighted by Crippen LogP contribution is -2.19. The number of thiazole rings is 1. The molecule has 5 nitrogen and oxygen atoms in total. The Kier molecular flexibility index (Phi) is 4.92. The van der Waals surface area contributed by atoms with Crippen molar-refractivity contribution in [3.8, 4) is 0 Å². The number of nitrogens with zero attached hydrogens (tertiary/aromatic N) is 2. The van der Waals surface area contributed by atoms with E-state index >= 15 is 0 Å². The maximum absolute atomic E-state index is 12.6. The zero-order valence-electron chi connectivity index (χ0n) is 15.2. The molecule has 0 aliphatic carbocycles. The molecule has 6 heteroatoms. The van der Waals surface area contributed by atoms with Crippen LogP contribution in [-0.2, 0) is 11.3 Å². The smallest absolute Gasteiger partial charge is 0.283 e. The maximum atomic E-state index is 12.6. The molecule has 0 radical (unpaired) electrons. The molecule has 1 amide bonds. The number of aromatic nitrogens is 1. The molecule has 1 aromatic carbocycles. The van der Waals surface area contributed by atoms with Gasteiger partial charge in [-0.05, 0) is 57.0 Å². The van der Waals surface area contributed by atoms with Crippen LogP contribution in [0.2, 0.25) is 0 Å². The molecular formula is C19H22N2O3S. The number of rotatable bonds is 4. The Hall–Kier alpha value is -2.18. The van der Waals surface area contributed by atoms with Crippen molar-refractivity contribution >= 4 is 27.5 Å². The predicted octanol–water partition coefficient (Wildman–Crippen LogP) is 3.92. The van der Waals surface area contributed by atoms with E-state index in [0.29, 0.717) is 35.0 Å². The molecule has 2 aromatic heterocycles. The van der Waals surface area contributed by atoms with Crippen molar-refractivity contribution < 1.29 is 13.9 Å². The van der Waals surface area contributed by atoms with Gasteiger partial charge in [0.2, 0.25) is 0 Å². The molecule has 2 heterocycles. The lowest BCUT2D eigenvalue weighted by Gasteiger charge is -2.06. The SMILES string of the molecule is COCCn1c(=NC(=O)c2cc(C)oc2C)sc2cc(C)c(C)cc21. The monoisotopic (exact) mass is 358 g/mol. The number of furan rings is 1. The van der Waals surface area contributed by atoms with Crippen LogP contribution >= 0.6 is 11.3 Å². The fraction of sp³-hybridized carbons (Fsp3) is 0.368. The number of amides is 1. The van der Waals surface area contributed by atoms with E-state index in [2.05, 4.69) is 35.5 Å². The van der Waals surface area contributed by atoms with E-state index in [0.717, 1.165) is 10.2 Å². The second kappa shape index (κ2) is 6.98. The predicted molar refractivity (Wildman–Crippen MR) is 99.2 cm³/mol. The van der Waals surface area contributed by atoms with Crippen LogP contribution < -0.4 is 4.80 Å². The Labute approximate surface area is 150 Å². The van der Waals surface area contributed by atoms with Crippen LogP contribution in [0.25, 0.3) is 10.2 Å². The van der Waals surface area contributed by atoms with E-state index in [1.165, 1.54) is 22.5 Å². The van der Waals surface area contributed by atoms with Crippen molar-refractivity contribution in [3.63, 3.8) is 0 Å². The standard InChI is InChI=1S/C19H22N2O3S/c1-11-8-16-17(9-12(11)2)25-19(21(16)6-7-23-5)20-18(22)15-10-13(3)24-14(15)4/h8-10H,6-7H2,1-5H3. The minimum absolute atomic E-state index is 0.277. The summed E-state index contributed by atoms with van der Waals surface area (Å²) in [6.45, 7) is 9.00. The van der Waals surface area contributed by atoms with Gasteiger partial charge in [-0.25, -0.2) is 0 Å². The first kappa shape index (κ1) is 17.6. The van der Waals surface area contributed by atoms with Gasteiger partial charge in [0.1, 0.15) is 11.5 Å². The summed E-state index contributed by atoms with van der Waals surface area (Å²) < 4.78 is 13.9. The quantitative estimate of drug-likeness (QED) is 0.710. The highest BCUT2D eigenvalue weighted by Crippen LogP contribution is 2.22. The molecule has 132 valence electrons. The van der Waals surface area contributed by atoms with Crippen molar-refractivity contribution in [1.82, 2.24) is 4.57 Å². The molecule has 0 saturated carbocycles. The number of aryl methyl sites for hydroxylation is 4. The lowest BCUT2D eigenvalue weighted by molar-refractivity contribution is 0.0996. The van der Waals surface area contributed by atoms with Gasteiger partial charge in [0, 0.05) is 13.7 Å². The number of ether oxygens (including phenoxy) is 1. The van der Waals surface area contributed by atoms with Crippen LogP contribution in [0.1, 0.15) is 33.0 Å². The minimum atomic E-state index is -0.277. The third kappa shape index (κ3) is 3.45. The Bertz CT molecular complexity index is 1010. The number of carbonyl (C=O) groups excluding carboxylic acids is 1. The molecule has 0 bridgehead atoms. The Morgan fingerprint density at radius 1 is 1.20 bits per heavy atom. The van der Waals surface area contributed by atoms with Crippen molar-refractivity contribution in [1.29, 1.82) is 0 Å². The second-order valence-electron chi connectivity index (χ2n) is 6.18. The summed E-state index contributed by atoms with van der Waals surface area (Å²) >= 11 is 1.52. The van der Waals surface area contributed by atoms with Gasteiger partial charge in [0.25, 0.3) is 5.91 Å². The van der Waals surface area contributed by atoms with Crippen LogP contribution in [-0.4, -0.2) is 24.2 Å². The van der Waals surface area contributed by atoms with E-state index in [-0.39, 0.29) is 5.91 Å². The van der Waals surface area contributed by atoms with Crippen LogP contribution in [0.5, 0.6) is 0 Å². The van der Waals surface area contributed by atoms with Gasteiger partial charge in [-0.3, -0.25) is 4.79 Å². The largest absolute Gasteiger partial charge is 0.466 e. The first-order chi connectivity index (χ1) is 11.9. The normalized spacial score (nSPS) is 12.3. The summed E-state index contributed by atoms with van der Waals surface area (Å²) in [5.74, 6) is 1.04. The molecule has 0 N–H and O–H groups in total. The summed E-state index contributed by atoms with van der Waals surface area (Å²) in [5.41, 5.74) is 4.04. The van der Waals surface area contributed by atoms with Crippen LogP contribution in [0.15, 0.2) is 27.6 Å². The number of methoxy groups -OCH3 is 1. The molecule has 0 saturated heterocycles. The van der Waals surface area contributed by atoms with Crippen LogP contribution in [0.3, 0.4) is 0 Å². The van der Waals surface area contributed by atoms with Crippen molar-refractivity contribution in [3.05, 3.63) is 51.2 Å². The van der Waals surface area contributed by atoms with Gasteiger partial charge < -0.3 is 13.7 Å². The first-order valence-corrected chi connectivity index (χ1v) is 8.98. The topological polar surface area (TPSA) is 56.7 Å². The molecule has 0 atom stereocenters. The number of fused-ring (bicyclic) bond motifs is 1.